The number of nitrogens with zero attached hydrogens (tertiary/aromatic N) is 2. The monoisotopic (exact) mass is 420 g/mol. The van der Waals surface area contributed by atoms with E-state index >= 15 is 0 Å². The van der Waals surface area contributed by atoms with E-state index in [9.17, 15) is 14.7 Å². The van der Waals surface area contributed by atoms with Crippen LogP contribution in [-0.4, -0.2) is 52.8 Å². The average Bonchev–Trinajstić information content (AvgIpc) is 2.99. The van der Waals surface area contributed by atoms with E-state index in [-0.39, 0.29) is 11.3 Å². The van der Waals surface area contributed by atoms with Gasteiger partial charge in [0.25, 0.3) is 11.7 Å². The number of likely N-dealkylation sites (N-methyl/N-ethyl adjacent to an activating group) is 1. The molecular weight excluding hydrogens is 388 g/mol. The number of carbonyl (C=O) groups is 2. The standard InChI is InChI=1S/C26H32N2O3/c1-6-27(7-2)13-14-28-23(20-11-9-8-10-12-20)22(25(30)26(28)31)24(29)21-18(4)15-17(3)16-19(21)5/h8-12,15-16,23,29H,6-7,13-14H2,1-5H3/b24-22+. The maximum Gasteiger partial charge on any atom is 0.295 e. The summed E-state index contributed by atoms with van der Waals surface area (Å²) < 4.78 is 0. The number of aryl methyl sites for hydroxylation is 3. The summed E-state index contributed by atoms with van der Waals surface area (Å²) in [5.74, 6) is -1.26. The predicted molar refractivity (Wildman–Crippen MR) is 124 cm³/mol. The lowest BCUT2D eigenvalue weighted by Crippen LogP contribution is -2.38. The van der Waals surface area contributed by atoms with Crippen molar-refractivity contribution < 1.29 is 14.7 Å². The molecule has 0 radical (unpaired) electrons. The smallest absolute Gasteiger partial charge is 0.295 e. The average molecular weight is 421 g/mol. The SMILES string of the molecule is CCN(CC)CCN1C(=O)C(=O)/C(=C(/O)c2c(C)cc(C)cc2C)C1c1ccccc1. The number of ketones is 1. The van der Waals surface area contributed by atoms with Crippen LogP contribution in [0, 0.1) is 20.8 Å². The van der Waals surface area contributed by atoms with Gasteiger partial charge in [-0.15, -0.1) is 0 Å². The van der Waals surface area contributed by atoms with E-state index in [1.807, 2.05) is 63.2 Å². The molecule has 1 aliphatic rings. The quantitative estimate of drug-likeness (QED) is 0.410. The van der Waals surface area contributed by atoms with Crippen LogP contribution < -0.4 is 0 Å². The molecule has 5 heteroatoms. The maximum atomic E-state index is 13.2. The highest BCUT2D eigenvalue weighted by Gasteiger charge is 2.46. The summed E-state index contributed by atoms with van der Waals surface area (Å²) >= 11 is 0. The van der Waals surface area contributed by atoms with Gasteiger partial charge in [-0.3, -0.25) is 9.59 Å². The third-order valence-corrected chi connectivity index (χ3v) is 6.12. The van der Waals surface area contributed by atoms with Crippen molar-refractivity contribution in [2.75, 3.05) is 26.2 Å². The maximum absolute atomic E-state index is 13.2. The molecule has 164 valence electrons. The van der Waals surface area contributed by atoms with Crippen LogP contribution in [0.3, 0.4) is 0 Å². The first-order valence-corrected chi connectivity index (χ1v) is 10.9. The molecule has 0 spiro atoms. The number of Topliss-reactive ketones (excluding diaryl/α,β-unsaturated/α-hetero) is 1. The second-order valence-electron chi connectivity index (χ2n) is 8.20. The van der Waals surface area contributed by atoms with E-state index in [2.05, 4.69) is 18.7 Å². The van der Waals surface area contributed by atoms with E-state index in [0.29, 0.717) is 18.7 Å². The van der Waals surface area contributed by atoms with Crippen molar-refractivity contribution in [3.8, 4) is 0 Å². The van der Waals surface area contributed by atoms with E-state index in [1.165, 1.54) is 0 Å². The van der Waals surface area contributed by atoms with Gasteiger partial charge in [-0.1, -0.05) is 61.9 Å². The van der Waals surface area contributed by atoms with Gasteiger partial charge in [0, 0.05) is 18.7 Å². The Kier molecular flexibility index (Phi) is 6.96. The zero-order chi connectivity index (χ0) is 22.7. The molecule has 1 atom stereocenters. The van der Waals surface area contributed by atoms with Gasteiger partial charge in [0.2, 0.25) is 0 Å². The number of carbonyl (C=O) groups excluding carboxylic acids is 2. The molecule has 3 rings (SSSR count). The molecule has 1 aliphatic heterocycles. The highest BCUT2D eigenvalue weighted by Crippen LogP contribution is 2.40. The number of hydrogen-bond acceptors (Lipinski definition) is 4. The Morgan fingerprint density at radius 1 is 1.00 bits per heavy atom. The second-order valence-corrected chi connectivity index (χ2v) is 8.20. The van der Waals surface area contributed by atoms with Crippen molar-refractivity contribution >= 4 is 17.4 Å². The Hall–Kier alpha value is -2.92. The first-order valence-electron chi connectivity index (χ1n) is 10.9. The van der Waals surface area contributed by atoms with Crippen LogP contribution in [0.1, 0.15) is 47.7 Å². The van der Waals surface area contributed by atoms with Crippen molar-refractivity contribution in [1.29, 1.82) is 0 Å². The van der Waals surface area contributed by atoms with E-state index in [0.717, 1.165) is 35.3 Å². The molecule has 0 aromatic heterocycles. The van der Waals surface area contributed by atoms with Crippen LogP contribution in [-0.2, 0) is 9.59 Å². The second kappa shape index (κ2) is 9.48. The number of aliphatic hydroxyl groups excluding tert-OH is 1. The molecule has 2 aromatic rings. The van der Waals surface area contributed by atoms with Crippen molar-refractivity contribution in [3.05, 3.63) is 75.9 Å². The Morgan fingerprint density at radius 3 is 2.13 bits per heavy atom. The normalized spacial score (nSPS) is 18.3. The first kappa shape index (κ1) is 22.8. The molecule has 0 bridgehead atoms. The fourth-order valence-corrected chi connectivity index (χ4v) is 4.57. The van der Waals surface area contributed by atoms with Gasteiger partial charge in [0.1, 0.15) is 5.76 Å². The van der Waals surface area contributed by atoms with Crippen molar-refractivity contribution in [2.45, 2.75) is 40.7 Å². The molecular formula is C26H32N2O3. The molecule has 0 aliphatic carbocycles. The molecule has 1 N–H and O–H groups in total. The minimum absolute atomic E-state index is 0.0902. The van der Waals surface area contributed by atoms with Crippen LogP contribution in [0.5, 0.6) is 0 Å². The van der Waals surface area contributed by atoms with E-state index in [4.69, 9.17) is 0 Å². The fourth-order valence-electron chi connectivity index (χ4n) is 4.57. The Balaban J connectivity index is 2.15. The van der Waals surface area contributed by atoms with Gasteiger partial charge in [-0.2, -0.15) is 0 Å². The summed E-state index contributed by atoms with van der Waals surface area (Å²) in [5.41, 5.74) is 4.49. The first-order chi connectivity index (χ1) is 14.8. The molecule has 1 saturated heterocycles. The summed E-state index contributed by atoms with van der Waals surface area (Å²) in [4.78, 5) is 30.1. The van der Waals surface area contributed by atoms with Crippen molar-refractivity contribution in [3.63, 3.8) is 0 Å². The number of amides is 1. The lowest BCUT2D eigenvalue weighted by atomic mass is 9.91. The Bertz CT molecular complexity index is 984. The third kappa shape index (κ3) is 4.42. The molecule has 1 fully saturated rings. The molecule has 31 heavy (non-hydrogen) atoms. The van der Waals surface area contributed by atoms with Gasteiger partial charge in [-0.05, 0) is 50.6 Å². The molecule has 5 nitrogen and oxygen atoms in total. The molecule has 0 saturated carbocycles. The largest absolute Gasteiger partial charge is 0.507 e. The summed E-state index contributed by atoms with van der Waals surface area (Å²) in [6.45, 7) is 12.8. The third-order valence-electron chi connectivity index (χ3n) is 6.12. The fraction of sp³-hybridized carbons (Fsp3) is 0.385. The van der Waals surface area contributed by atoms with Crippen LogP contribution in [0.15, 0.2) is 48.0 Å². The number of benzene rings is 2. The van der Waals surface area contributed by atoms with Crippen molar-refractivity contribution in [1.82, 2.24) is 9.80 Å². The zero-order valence-corrected chi connectivity index (χ0v) is 19.1. The number of aliphatic hydroxyl groups is 1. The van der Waals surface area contributed by atoms with Crippen LogP contribution in [0.4, 0.5) is 0 Å². The van der Waals surface area contributed by atoms with Crippen LogP contribution in [0.2, 0.25) is 0 Å². The van der Waals surface area contributed by atoms with Gasteiger partial charge in [0.15, 0.2) is 0 Å². The topological polar surface area (TPSA) is 60.9 Å². The summed E-state index contributed by atoms with van der Waals surface area (Å²) in [7, 11) is 0. The summed E-state index contributed by atoms with van der Waals surface area (Å²) in [6.07, 6.45) is 0. The predicted octanol–water partition coefficient (Wildman–Crippen LogP) is 4.38. The highest BCUT2D eigenvalue weighted by atomic mass is 16.3. The van der Waals surface area contributed by atoms with Gasteiger partial charge >= 0.3 is 0 Å². The van der Waals surface area contributed by atoms with Gasteiger partial charge in [-0.25, -0.2) is 0 Å². The summed E-state index contributed by atoms with van der Waals surface area (Å²) in [6, 6.07) is 12.9. The van der Waals surface area contributed by atoms with Crippen LogP contribution >= 0.6 is 0 Å². The Labute approximate surface area is 185 Å². The molecule has 1 amide bonds. The lowest BCUT2D eigenvalue weighted by Gasteiger charge is -2.28. The van der Waals surface area contributed by atoms with E-state index in [1.54, 1.807) is 4.90 Å². The highest BCUT2D eigenvalue weighted by molar-refractivity contribution is 6.46. The minimum Gasteiger partial charge on any atom is -0.507 e. The zero-order valence-electron chi connectivity index (χ0n) is 19.1. The molecule has 1 heterocycles. The molecule has 1 unspecified atom stereocenters. The van der Waals surface area contributed by atoms with Gasteiger partial charge < -0.3 is 14.9 Å². The number of hydrogen-bond donors (Lipinski definition) is 1. The molecule has 2 aromatic carbocycles. The van der Waals surface area contributed by atoms with E-state index < -0.39 is 17.7 Å². The Morgan fingerprint density at radius 2 is 1.58 bits per heavy atom. The number of rotatable bonds is 7. The minimum atomic E-state index is -0.620. The van der Waals surface area contributed by atoms with Gasteiger partial charge in [0.05, 0.1) is 11.6 Å². The number of likely N-dealkylation sites (tertiary alicyclic amines) is 1. The van der Waals surface area contributed by atoms with Crippen LogP contribution in [0.25, 0.3) is 5.76 Å². The lowest BCUT2D eigenvalue weighted by molar-refractivity contribution is -0.140. The summed E-state index contributed by atoms with van der Waals surface area (Å²) in [5, 5.41) is 11.3. The van der Waals surface area contributed by atoms with Crippen molar-refractivity contribution in [2.24, 2.45) is 0 Å².